The van der Waals surface area contributed by atoms with Crippen molar-refractivity contribution in [2.75, 3.05) is 55.7 Å². The molecular formula is C22H28ClN3O6S3. The molecule has 1 aliphatic rings. The molecule has 1 amide bonds. The van der Waals surface area contributed by atoms with Crippen molar-refractivity contribution in [3.8, 4) is 0 Å². The van der Waals surface area contributed by atoms with Crippen LogP contribution in [0.25, 0.3) is 0 Å². The first-order chi connectivity index (χ1) is 16.6. The summed E-state index contributed by atoms with van der Waals surface area (Å²) in [5.74, 6) is 0.327. The summed E-state index contributed by atoms with van der Waals surface area (Å²) < 4.78 is 57.8. The molecule has 2 aromatic carbocycles. The van der Waals surface area contributed by atoms with Crippen LogP contribution in [0.4, 0.5) is 5.69 Å². The molecule has 0 atom stereocenters. The number of nitrogens with zero attached hydrogens (tertiary/aromatic N) is 2. The van der Waals surface area contributed by atoms with Crippen molar-refractivity contribution in [1.29, 1.82) is 0 Å². The lowest BCUT2D eigenvalue weighted by Crippen LogP contribution is -2.41. The Bertz CT molecular complexity index is 1200. The lowest BCUT2D eigenvalue weighted by Gasteiger charge is -2.26. The first kappa shape index (κ1) is 27.8. The van der Waals surface area contributed by atoms with Gasteiger partial charge in [0.2, 0.25) is 26.0 Å². The normalized spacial score (nSPS) is 15.0. The van der Waals surface area contributed by atoms with Crippen molar-refractivity contribution < 1.29 is 26.4 Å². The van der Waals surface area contributed by atoms with E-state index < -0.39 is 32.5 Å². The molecule has 0 radical (unpaired) electrons. The molecule has 13 heteroatoms. The average molecular weight is 562 g/mol. The lowest BCUT2D eigenvalue weighted by molar-refractivity contribution is -0.119. The van der Waals surface area contributed by atoms with Crippen LogP contribution in [0.5, 0.6) is 0 Å². The number of hydrogen-bond acceptors (Lipinski definition) is 7. The Kier molecular flexibility index (Phi) is 9.85. The van der Waals surface area contributed by atoms with E-state index in [9.17, 15) is 21.6 Å². The largest absolute Gasteiger partial charge is 0.379 e. The number of benzene rings is 2. The molecule has 1 heterocycles. The number of amides is 1. The van der Waals surface area contributed by atoms with Crippen molar-refractivity contribution in [1.82, 2.24) is 9.62 Å². The Morgan fingerprint density at radius 1 is 1.06 bits per heavy atom. The summed E-state index contributed by atoms with van der Waals surface area (Å²) >= 11 is 7.51. The summed E-state index contributed by atoms with van der Waals surface area (Å²) in [6.07, 6.45) is 1.70. The first-order valence-corrected chi connectivity index (χ1v) is 15.5. The number of nitrogens with one attached hydrogen (secondary N) is 1. The van der Waals surface area contributed by atoms with Gasteiger partial charge < -0.3 is 10.1 Å². The van der Waals surface area contributed by atoms with E-state index >= 15 is 0 Å². The van der Waals surface area contributed by atoms with E-state index in [-0.39, 0.29) is 23.7 Å². The van der Waals surface area contributed by atoms with Crippen LogP contribution in [0.2, 0.25) is 5.02 Å². The van der Waals surface area contributed by atoms with Crippen LogP contribution in [-0.4, -0.2) is 78.4 Å². The summed E-state index contributed by atoms with van der Waals surface area (Å²) in [7, 11) is -7.48. The first-order valence-electron chi connectivity index (χ1n) is 10.9. The van der Waals surface area contributed by atoms with E-state index in [0.717, 1.165) is 21.2 Å². The second-order valence-electron chi connectivity index (χ2n) is 7.79. The number of halogens is 1. The number of thioether (sulfide) groups is 1. The molecule has 0 bridgehead atoms. The molecule has 9 nitrogen and oxygen atoms in total. The zero-order valence-corrected chi connectivity index (χ0v) is 22.4. The van der Waals surface area contributed by atoms with E-state index in [2.05, 4.69) is 5.32 Å². The van der Waals surface area contributed by atoms with Gasteiger partial charge in [-0.2, -0.15) is 4.31 Å². The highest BCUT2D eigenvalue weighted by Gasteiger charge is 2.27. The van der Waals surface area contributed by atoms with E-state index in [1.807, 2.05) is 24.3 Å². The summed E-state index contributed by atoms with van der Waals surface area (Å²) in [6.45, 7) is 1.17. The van der Waals surface area contributed by atoms with E-state index in [0.29, 0.717) is 31.2 Å². The molecule has 192 valence electrons. The monoisotopic (exact) mass is 561 g/mol. The number of carbonyl (C=O) groups excluding carboxylic acids is 1. The van der Waals surface area contributed by atoms with Crippen molar-refractivity contribution >= 4 is 55.0 Å². The Labute approximate surface area is 215 Å². The van der Waals surface area contributed by atoms with Crippen LogP contribution < -0.4 is 9.62 Å². The Balaban J connectivity index is 1.55. The maximum atomic E-state index is 12.8. The van der Waals surface area contributed by atoms with Gasteiger partial charge in [-0.1, -0.05) is 11.6 Å². The van der Waals surface area contributed by atoms with Crippen LogP contribution in [0.15, 0.2) is 58.3 Å². The number of hydrogen-bond donors (Lipinski definition) is 1. The maximum absolute atomic E-state index is 12.8. The number of rotatable bonds is 11. The molecule has 0 saturated carbocycles. The number of sulfonamides is 2. The van der Waals surface area contributed by atoms with Gasteiger partial charge in [-0.15, -0.1) is 11.8 Å². The van der Waals surface area contributed by atoms with Gasteiger partial charge in [0, 0.05) is 29.6 Å². The molecule has 0 unspecified atom stereocenters. The molecule has 1 saturated heterocycles. The van der Waals surface area contributed by atoms with Crippen molar-refractivity contribution in [2.24, 2.45) is 0 Å². The third-order valence-electron chi connectivity index (χ3n) is 5.15. The average Bonchev–Trinajstić information content (AvgIpc) is 2.83. The molecule has 3 rings (SSSR count). The highest BCUT2D eigenvalue weighted by molar-refractivity contribution is 7.99. The van der Waals surface area contributed by atoms with Crippen molar-refractivity contribution in [2.45, 2.75) is 16.2 Å². The van der Waals surface area contributed by atoms with Crippen LogP contribution in [-0.2, 0) is 29.6 Å². The minimum Gasteiger partial charge on any atom is -0.379 e. The molecule has 0 aliphatic carbocycles. The summed E-state index contributed by atoms with van der Waals surface area (Å²) in [6, 6.07) is 13.0. The zero-order chi connectivity index (χ0) is 25.5. The molecule has 1 N–H and O–H groups in total. The van der Waals surface area contributed by atoms with Gasteiger partial charge in [0.05, 0.1) is 30.1 Å². The topological polar surface area (TPSA) is 113 Å². The minimum atomic E-state index is -3.78. The molecule has 35 heavy (non-hydrogen) atoms. The second-order valence-corrected chi connectivity index (χ2v) is 13.2. The quantitative estimate of drug-likeness (QED) is 0.331. The van der Waals surface area contributed by atoms with Crippen LogP contribution >= 0.6 is 23.4 Å². The molecular weight excluding hydrogens is 534 g/mol. The van der Waals surface area contributed by atoms with Crippen molar-refractivity contribution in [3.63, 3.8) is 0 Å². The fraction of sp³-hybridized carbons (Fsp3) is 0.409. The number of ether oxygens (including phenoxy) is 1. The predicted molar refractivity (Wildman–Crippen MR) is 138 cm³/mol. The Morgan fingerprint density at radius 3 is 2.29 bits per heavy atom. The number of carbonyl (C=O) groups is 1. The Hall–Kier alpha value is -1.83. The molecule has 1 aliphatic heterocycles. The van der Waals surface area contributed by atoms with Crippen LogP contribution in [0.3, 0.4) is 0 Å². The summed E-state index contributed by atoms with van der Waals surface area (Å²) in [5, 5.41) is 3.41. The molecule has 1 fully saturated rings. The predicted octanol–water partition coefficient (Wildman–Crippen LogP) is 2.43. The second kappa shape index (κ2) is 12.4. The Morgan fingerprint density at radius 2 is 1.69 bits per heavy atom. The third-order valence-corrected chi connectivity index (χ3v) is 9.55. The van der Waals surface area contributed by atoms with Gasteiger partial charge in [0.15, 0.2) is 0 Å². The van der Waals surface area contributed by atoms with Gasteiger partial charge in [-0.25, -0.2) is 16.8 Å². The maximum Gasteiger partial charge on any atom is 0.243 e. The smallest absolute Gasteiger partial charge is 0.243 e. The van der Waals surface area contributed by atoms with Gasteiger partial charge in [-0.05, 0) is 60.7 Å². The summed E-state index contributed by atoms with van der Waals surface area (Å²) in [5.41, 5.74) is 0.210. The fourth-order valence-electron chi connectivity index (χ4n) is 3.33. The minimum absolute atomic E-state index is 0.0549. The van der Waals surface area contributed by atoms with Crippen molar-refractivity contribution in [3.05, 3.63) is 53.6 Å². The molecule has 0 spiro atoms. The van der Waals surface area contributed by atoms with Crippen LogP contribution in [0.1, 0.15) is 6.42 Å². The lowest BCUT2D eigenvalue weighted by atomic mass is 10.3. The number of morpholine rings is 1. The third kappa shape index (κ3) is 8.09. The fourth-order valence-corrected chi connectivity index (χ4v) is 6.57. The van der Waals surface area contributed by atoms with Gasteiger partial charge in [-0.3, -0.25) is 9.10 Å². The summed E-state index contributed by atoms with van der Waals surface area (Å²) in [4.78, 5) is 13.6. The van der Waals surface area contributed by atoms with Gasteiger partial charge in [0.25, 0.3) is 0 Å². The molecule has 0 aromatic heterocycles. The standard InChI is InChI=1S/C22H28ClN3O6S3/c1-34(28,29)26(17-22(27)24-11-2-16-33-20-7-3-18(23)4-8-20)19-5-9-21(10-6-19)35(30,31)25-12-14-32-15-13-25/h3-10H,2,11-17H2,1H3,(H,24,27). The van der Waals surface area contributed by atoms with Gasteiger partial charge >= 0.3 is 0 Å². The van der Waals surface area contributed by atoms with Gasteiger partial charge in [0.1, 0.15) is 6.54 Å². The highest BCUT2D eigenvalue weighted by atomic mass is 35.5. The van der Waals surface area contributed by atoms with E-state index in [4.69, 9.17) is 16.3 Å². The molecule has 2 aromatic rings. The number of anilines is 1. The van der Waals surface area contributed by atoms with E-state index in [1.54, 1.807) is 11.8 Å². The van der Waals surface area contributed by atoms with E-state index in [1.165, 1.54) is 28.6 Å². The highest BCUT2D eigenvalue weighted by Crippen LogP contribution is 2.23. The SMILES string of the molecule is CS(=O)(=O)N(CC(=O)NCCCSc1ccc(Cl)cc1)c1ccc(S(=O)(=O)N2CCOCC2)cc1. The van der Waals surface area contributed by atoms with Crippen LogP contribution in [0, 0.1) is 0 Å². The zero-order valence-electron chi connectivity index (χ0n) is 19.2.